The Balaban J connectivity index is 3.20. The molecule has 0 unspecified atom stereocenters. The molecule has 0 atom stereocenters. The fourth-order valence-electron chi connectivity index (χ4n) is 0.562. The van der Waals surface area contributed by atoms with Crippen LogP contribution in [0.4, 0.5) is 0 Å². The van der Waals surface area contributed by atoms with Gasteiger partial charge in [0.2, 0.25) is 9.35 Å². The molecule has 0 aliphatic rings. The summed E-state index contributed by atoms with van der Waals surface area (Å²) in [7, 11) is 0. The minimum Gasteiger partial charge on any atom is -0.319 e. The summed E-state index contributed by atoms with van der Waals surface area (Å²) in [5, 5.41) is 0. The van der Waals surface area contributed by atoms with Gasteiger partial charge in [-0.2, -0.15) is 0 Å². The predicted molar refractivity (Wildman–Crippen MR) is 45.4 cm³/mol. The van der Waals surface area contributed by atoms with E-state index in [1.165, 1.54) is 6.07 Å². The van der Waals surface area contributed by atoms with Crippen LogP contribution in [0.1, 0.15) is 10.5 Å². The second kappa shape index (κ2) is 2.96. The number of rotatable bonds is 1. The van der Waals surface area contributed by atoms with Crippen LogP contribution in [0, 0.1) is 0 Å². The number of carbonyl (C=O) groups excluding carboxylic acids is 1. The molecule has 0 spiro atoms. The first-order chi connectivity index (χ1) is 4.70. The first-order valence-electron chi connectivity index (χ1n) is 2.59. The third kappa shape index (κ3) is 1.66. The number of carbonyl (C=O) groups is 1. The SMILES string of the molecule is O=C(I)c1cccc(=O)[nH]1. The Morgan fingerprint density at radius 3 is 2.60 bits per heavy atom. The van der Waals surface area contributed by atoms with Crippen molar-refractivity contribution in [2.45, 2.75) is 0 Å². The normalized spacial score (nSPS) is 9.30. The van der Waals surface area contributed by atoms with Gasteiger partial charge in [0, 0.05) is 28.7 Å². The maximum atomic E-state index is 10.6. The molecule has 0 aliphatic carbocycles. The van der Waals surface area contributed by atoms with Crippen molar-refractivity contribution in [1.29, 1.82) is 0 Å². The van der Waals surface area contributed by atoms with Crippen LogP contribution in [0.5, 0.6) is 0 Å². The van der Waals surface area contributed by atoms with Crippen LogP contribution in [-0.4, -0.2) is 8.77 Å². The van der Waals surface area contributed by atoms with Crippen molar-refractivity contribution >= 4 is 26.4 Å². The van der Waals surface area contributed by atoms with Crippen LogP contribution in [0.3, 0.4) is 0 Å². The Labute approximate surface area is 70.6 Å². The van der Waals surface area contributed by atoms with Gasteiger partial charge in [-0.25, -0.2) is 0 Å². The number of hydrogen-bond acceptors (Lipinski definition) is 2. The summed E-state index contributed by atoms with van der Waals surface area (Å²) < 4.78 is -0.157. The summed E-state index contributed by atoms with van der Waals surface area (Å²) in [6.45, 7) is 0. The highest BCUT2D eigenvalue weighted by molar-refractivity contribution is 14.1. The number of pyridine rings is 1. The number of H-pyrrole nitrogens is 1. The first kappa shape index (κ1) is 7.46. The van der Waals surface area contributed by atoms with Gasteiger partial charge in [0.05, 0.1) is 5.69 Å². The van der Waals surface area contributed by atoms with Crippen LogP contribution < -0.4 is 5.56 Å². The number of hydrogen-bond donors (Lipinski definition) is 1. The van der Waals surface area contributed by atoms with Crippen molar-refractivity contribution in [3.05, 3.63) is 34.2 Å². The van der Waals surface area contributed by atoms with Gasteiger partial charge < -0.3 is 4.98 Å². The highest BCUT2D eigenvalue weighted by Crippen LogP contribution is 1.97. The second-order valence-electron chi connectivity index (χ2n) is 1.70. The average molecular weight is 249 g/mol. The van der Waals surface area contributed by atoms with Crippen molar-refractivity contribution < 1.29 is 4.79 Å². The van der Waals surface area contributed by atoms with Crippen molar-refractivity contribution in [1.82, 2.24) is 4.98 Å². The van der Waals surface area contributed by atoms with Gasteiger partial charge in [0.25, 0.3) is 0 Å². The lowest BCUT2D eigenvalue weighted by Gasteiger charge is -1.89. The van der Waals surface area contributed by atoms with Gasteiger partial charge in [-0.05, 0) is 6.07 Å². The lowest BCUT2D eigenvalue weighted by Crippen LogP contribution is -2.07. The summed E-state index contributed by atoms with van der Waals surface area (Å²) in [6, 6.07) is 4.48. The first-order valence-corrected chi connectivity index (χ1v) is 3.67. The maximum absolute atomic E-state index is 10.6. The van der Waals surface area contributed by atoms with Crippen LogP contribution in [0.25, 0.3) is 0 Å². The topological polar surface area (TPSA) is 49.9 Å². The second-order valence-corrected chi connectivity index (χ2v) is 2.68. The molecular formula is C6H4INO2. The van der Waals surface area contributed by atoms with E-state index < -0.39 is 0 Å². The van der Waals surface area contributed by atoms with Crippen molar-refractivity contribution in [3.8, 4) is 0 Å². The van der Waals surface area contributed by atoms with Crippen LogP contribution in [0.2, 0.25) is 0 Å². The molecule has 1 heterocycles. The van der Waals surface area contributed by atoms with Crippen molar-refractivity contribution in [3.63, 3.8) is 0 Å². The van der Waals surface area contributed by atoms with E-state index in [9.17, 15) is 9.59 Å². The molecule has 1 aromatic rings. The monoisotopic (exact) mass is 249 g/mol. The van der Waals surface area contributed by atoms with E-state index in [-0.39, 0.29) is 9.35 Å². The van der Waals surface area contributed by atoms with E-state index in [0.717, 1.165) is 0 Å². The highest BCUT2D eigenvalue weighted by Gasteiger charge is 1.98. The molecule has 0 saturated heterocycles. The standard InChI is InChI=1S/C6H4INO2/c7-6(10)4-2-1-3-5(9)8-4/h1-3H,(H,8,9). The number of aromatic amines is 1. The quantitative estimate of drug-likeness (QED) is 0.595. The Morgan fingerprint density at radius 2 is 2.20 bits per heavy atom. The fraction of sp³-hybridized carbons (Fsp3) is 0. The maximum Gasteiger partial charge on any atom is 0.248 e. The third-order valence-corrected chi connectivity index (χ3v) is 1.56. The molecule has 0 fully saturated rings. The summed E-state index contributed by atoms with van der Waals surface area (Å²) in [5.41, 5.74) is 0.0932. The van der Waals surface area contributed by atoms with Crippen LogP contribution in [0.15, 0.2) is 23.0 Å². The van der Waals surface area contributed by atoms with Crippen molar-refractivity contribution in [2.75, 3.05) is 0 Å². The van der Waals surface area contributed by atoms with Gasteiger partial charge in [-0.1, -0.05) is 6.07 Å². The zero-order chi connectivity index (χ0) is 7.56. The fourth-order valence-corrected chi connectivity index (χ4v) is 0.877. The van der Waals surface area contributed by atoms with Gasteiger partial charge in [-0.15, -0.1) is 0 Å². The van der Waals surface area contributed by atoms with Crippen molar-refractivity contribution in [2.24, 2.45) is 0 Å². The predicted octanol–water partition coefficient (Wildman–Crippen LogP) is 0.950. The van der Waals surface area contributed by atoms with E-state index in [1.54, 1.807) is 34.7 Å². The number of aromatic nitrogens is 1. The van der Waals surface area contributed by atoms with Gasteiger partial charge in [0.15, 0.2) is 0 Å². The van der Waals surface area contributed by atoms with Gasteiger partial charge in [0.1, 0.15) is 0 Å². The lowest BCUT2D eigenvalue weighted by atomic mass is 10.4. The molecule has 1 aromatic heterocycles. The van der Waals surface area contributed by atoms with Crippen LogP contribution in [-0.2, 0) is 0 Å². The smallest absolute Gasteiger partial charge is 0.248 e. The van der Waals surface area contributed by atoms with Gasteiger partial charge >= 0.3 is 0 Å². The molecule has 0 aliphatic heterocycles. The average Bonchev–Trinajstić information content (AvgIpc) is 1.88. The van der Waals surface area contributed by atoms with Gasteiger partial charge in [-0.3, -0.25) is 9.59 Å². The largest absolute Gasteiger partial charge is 0.319 e. The molecule has 0 aromatic carbocycles. The molecule has 0 amide bonds. The third-order valence-electron chi connectivity index (χ3n) is 0.980. The molecule has 3 nitrogen and oxygen atoms in total. The van der Waals surface area contributed by atoms with E-state index in [2.05, 4.69) is 4.98 Å². The lowest BCUT2D eigenvalue weighted by molar-refractivity contribution is 0.110. The molecule has 0 bridgehead atoms. The van der Waals surface area contributed by atoms with E-state index >= 15 is 0 Å². The highest BCUT2D eigenvalue weighted by atomic mass is 127. The summed E-state index contributed by atoms with van der Waals surface area (Å²) >= 11 is 1.62. The molecule has 10 heavy (non-hydrogen) atoms. The molecule has 0 saturated carbocycles. The number of halogens is 1. The summed E-state index contributed by atoms with van der Waals surface area (Å²) in [4.78, 5) is 23.6. The Hall–Kier alpha value is -0.650. The molecule has 1 rings (SSSR count). The summed E-state index contributed by atoms with van der Waals surface area (Å²) in [5.74, 6) is 0. The van der Waals surface area contributed by atoms with Crippen LogP contribution >= 0.6 is 22.6 Å². The minimum atomic E-state index is -0.248. The number of nitrogens with one attached hydrogen (secondary N) is 1. The van der Waals surface area contributed by atoms with E-state index in [0.29, 0.717) is 5.69 Å². The summed E-state index contributed by atoms with van der Waals surface area (Å²) in [6.07, 6.45) is 0. The molecular weight excluding hydrogens is 245 g/mol. The Bertz CT molecular complexity index is 305. The zero-order valence-electron chi connectivity index (χ0n) is 4.93. The Kier molecular flexibility index (Phi) is 2.21. The van der Waals surface area contributed by atoms with E-state index in [4.69, 9.17) is 0 Å². The van der Waals surface area contributed by atoms with E-state index in [1.807, 2.05) is 0 Å². The Morgan fingerprint density at radius 1 is 1.50 bits per heavy atom. The molecule has 0 radical (unpaired) electrons. The minimum absolute atomic E-state index is 0.157. The molecule has 1 N–H and O–H groups in total. The molecule has 4 heteroatoms. The molecule has 52 valence electrons. The zero-order valence-corrected chi connectivity index (χ0v) is 7.08.